The Hall–Kier alpha value is -1.94. The average Bonchev–Trinajstić information content (AvgIpc) is 3.30. The van der Waals surface area contributed by atoms with Crippen molar-refractivity contribution in [1.29, 1.82) is 0 Å². The summed E-state index contributed by atoms with van der Waals surface area (Å²) in [6.07, 6.45) is 12.2. The van der Waals surface area contributed by atoms with Gasteiger partial charge in [-0.05, 0) is 131 Å². The summed E-state index contributed by atoms with van der Waals surface area (Å²) in [6.45, 7) is 12.6. The molecule has 4 saturated carbocycles. The van der Waals surface area contributed by atoms with Crippen molar-refractivity contribution >= 4 is 6.09 Å². The zero-order valence-electron chi connectivity index (χ0n) is 27.1. The van der Waals surface area contributed by atoms with E-state index in [4.69, 9.17) is 14.9 Å². The number of ether oxygens (including phenoxy) is 1. The minimum Gasteiger partial charge on any atom is -0.446 e. The lowest BCUT2D eigenvalue weighted by molar-refractivity contribution is -0.205. The third-order valence-electron chi connectivity index (χ3n) is 13.3. The molecule has 6 rings (SSSR count). The van der Waals surface area contributed by atoms with Crippen LogP contribution in [0.15, 0.2) is 27.6 Å². The third kappa shape index (κ3) is 5.98. The second-order valence-electron chi connectivity index (χ2n) is 15.3. The number of nitrogens with two attached hydrogens (primary N) is 1. The molecule has 0 spiro atoms. The van der Waals surface area contributed by atoms with Gasteiger partial charge >= 0.3 is 11.7 Å². The van der Waals surface area contributed by atoms with Gasteiger partial charge in [-0.25, -0.2) is 9.59 Å². The van der Waals surface area contributed by atoms with Crippen molar-refractivity contribution in [2.45, 2.75) is 102 Å². The highest BCUT2D eigenvalue weighted by atomic mass is 16.6. The maximum Gasteiger partial charge on any atom is 0.407 e. The molecule has 5 aliphatic rings. The second-order valence-corrected chi connectivity index (χ2v) is 15.3. The number of alkyl carbamates (subject to hydrolysis) is 1. The smallest absolute Gasteiger partial charge is 0.407 e. The fraction of sp³-hybridized carbons (Fsp3) is 0.829. The molecule has 8 atom stereocenters. The minimum absolute atomic E-state index is 0.0215. The summed E-state index contributed by atoms with van der Waals surface area (Å²) >= 11 is 0. The quantitative estimate of drug-likeness (QED) is 0.353. The van der Waals surface area contributed by atoms with Crippen LogP contribution in [-0.4, -0.2) is 85.1 Å². The molecule has 246 valence electrons. The van der Waals surface area contributed by atoms with E-state index in [9.17, 15) is 14.7 Å². The number of carbonyl (C=O) groups excluding carboxylic acids is 1. The van der Waals surface area contributed by atoms with Gasteiger partial charge in [-0.15, -0.1) is 0 Å². The predicted octanol–water partition coefficient (Wildman–Crippen LogP) is 4.33. The maximum atomic E-state index is 12.7. The summed E-state index contributed by atoms with van der Waals surface area (Å²) in [5, 5.41) is 15.5. The Kier molecular flexibility index (Phi) is 9.50. The van der Waals surface area contributed by atoms with Gasteiger partial charge in [-0.3, -0.25) is 0 Å². The summed E-state index contributed by atoms with van der Waals surface area (Å²) in [7, 11) is 0. The van der Waals surface area contributed by atoms with E-state index in [1.54, 1.807) is 6.26 Å². The number of piperazine rings is 1. The molecule has 9 heteroatoms. The number of rotatable bonds is 9. The Morgan fingerprint density at radius 2 is 1.75 bits per heavy atom. The molecule has 3 unspecified atom stereocenters. The Bertz CT molecular complexity index is 1180. The van der Waals surface area contributed by atoms with Crippen molar-refractivity contribution < 1.29 is 19.1 Å². The lowest BCUT2D eigenvalue weighted by Gasteiger charge is -2.63. The van der Waals surface area contributed by atoms with E-state index in [1.165, 1.54) is 6.07 Å². The molecule has 2 heterocycles. The largest absolute Gasteiger partial charge is 0.446 e. The highest BCUT2D eigenvalue weighted by Gasteiger charge is 2.67. The number of nitrogens with zero attached hydrogens (tertiary/aromatic N) is 2. The molecule has 4 N–H and O–H groups in total. The van der Waals surface area contributed by atoms with Gasteiger partial charge in [-0.1, -0.05) is 13.8 Å². The van der Waals surface area contributed by atoms with Gasteiger partial charge in [-0.2, -0.15) is 0 Å². The molecule has 1 aromatic heterocycles. The van der Waals surface area contributed by atoms with Crippen LogP contribution in [0.3, 0.4) is 0 Å². The second kappa shape index (κ2) is 13.0. The summed E-state index contributed by atoms with van der Waals surface area (Å²) in [6, 6.07) is 3.42. The fourth-order valence-electron chi connectivity index (χ4n) is 10.6. The molecule has 0 aromatic carbocycles. The SMILES string of the molecule is C[C@]12CC[C@H](OC(=O)NCCCN3CCN(CCCN)CC3)CC1CCC1C2CC[C@]2(C)[C@@H](c3ccc(=O)oc3)CC[C@]12O. The Balaban J connectivity index is 0.974. The van der Waals surface area contributed by atoms with E-state index < -0.39 is 5.60 Å². The Morgan fingerprint density at radius 1 is 1.00 bits per heavy atom. The molecule has 1 amide bonds. The summed E-state index contributed by atoms with van der Waals surface area (Å²) in [5.41, 5.74) is 5.63. The molecule has 1 saturated heterocycles. The van der Waals surface area contributed by atoms with E-state index in [1.807, 2.05) is 6.07 Å². The number of amides is 1. The minimum atomic E-state index is -0.698. The van der Waals surface area contributed by atoms with Crippen molar-refractivity contribution in [2.75, 3.05) is 52.4 Å². The number of hydrogen-bond donors (Lipinski definition) is 3. The van der Waals surface area contributed by atoms with Crippen LogP contribution in [0.4, 0.5) is 4.79 Å². The molecule has 5 fully saturated rings. The number of hydrogen-bond acceptors (Lipinski definition) is 8. The van der Waals surface area contributed by atoms with Crippen LogP contribution in [0, 0.1) is 28.6 Å². The summed E-state index contributed by atoms with van der Waals surface area (Å²) < 4.78 is 11.2. The van der Waals surface area contributed by atoms with Crippen LogP contribution in [0.2, 0.25) is 0 Å². The number of nitrogens with one attached hydrogen (secondary N) is 1. The molecule has 4 aliphatic carbocycles. The first-order valence-electron chi connectivity index (χ1n) is 17.6. The van der Waals surface area contributed by atoms with Crippen LogP contribution in [0.1, 0.15) is 96.0 Å². The van der Waals surface area contributed by atoms with E-state index >= 15 is 0 Å². The highest BCUT2D eigenvalue weighted by Crippen LogP contribution is 2.70. The predicted molar refractivity (Wildman–Crippen MR) is 170 cm³/mol. The molecule has 9 nitrogen and oxygen atoms in total. The Labute approximate surface area is 263 Å². The van der Waals surface area contributed by atoms with Crippen LogP contribution in [0.25, 0.3) is 0 Å². The van der Waals surface area contributed by atoms with Gasteiger partial charge in [0.15, 0.2) is 0 Å². The van der Waals surface area contributed by atoms with Crippen molar-refractivity contribution in [2.24, 2.45) is 34.3 Å². The van der Waals surface area contributed by atoms with Crippen LogP contribution >= 0.6 is 0 Å². The van der Waals surface area contributed by atoms with E-state index in [2.05, 4.69) is 29.0 Å². The highest BCUT2D eigenvalue weighted by molar-refractivity contribution is 5.67. The van der Waals surface area contributed by atoms with Gasteiger partial charge in [0.25, 0.3) is 0 Å². The normalized spacial score (nSPS) is 39.2. The van der Waals surface area contributed by atoms with Gasteiger partial charge < -0.3 is 35.1 Å². The number of aliphatic hydroxyl groups is 1. The molecule has 0 radical (unpaired) electrons. The van der Waals surface area contributed by atoms with E-state index in [0.717, 1.165) is 122 Å². The topological polar surface area (TPSA) is 121 Å². The Morgan fingerprint density at radius 3 is 2.45 bits per heavy atom. The monoisotopic (exact) mass is 612 g/mol. The van der Waals surface area contributed by atoms with Crippen molar-refractivity contribution in [3.8, 4) is 0 Å². The van der Waals surface area contributed by atoms with Gasteiger partial charge in [0.05, 0.1) is 11.9 Å². The zero-order valence-corrected chi connectivity index (χ0v) is 27.1. The molecule has 0 bridgehead atoms. The third-order valence-corrected chi connectivity index (χ3v) is 13.3. The van der Waals surface area contributed by atoms with Crippen LogP contribution < -0.4 is 16.7 Å². The fourth-order valence-corrected chi connectivity index (χ4v) is 10.6. The lowest BCUT2D eigenvalue weighted by atomic mass is 9.43. The average molecular weight is 613 g/mol. The first-order chi connectivity index (χ1) is 21.2. The van der Waals surface area contributed by atoms with Gasteiger partial charge in [0, 0.05) is 44.2 Å². The lowest BCUT2D eigenvalue weighted by Crippen LogP contribution is -2.62. The molecular formula is C35H56N4O5. The maximum absolute atomic E-state index is 12.7. The van der Waals surface area contributed by atoms with Crippen molar-refractivity contribution in [3.05, 3.63) is 34.4 Å². The molecule has 1 aromatic rings. The number of carbonyl (C=O) groups is 1. The van der Waals surface area contributed by atoms with Gasteiger partial charge in [0.1, 0.15) is 6.10 Å². The van der Waals surface area contributed by atoms with E-state index in [-0.39, 0.29) is 40.5 Å². The standard InChI is InChI=1S/C35H56N4O5/c1-33-12-9-27(44-32(41)37-16-4-18-39-21-19-38(20-22-39)17-3-15-36)23-26(33)6-7-30-29(33)10-13-34(2)28(11-14-35(30,34)42)25-5-8-31(40)43-24-25/h5,8,24,26-30,42H,3-4,6-7,9-23,36H2,1-2H3,(H,37,41)/t26?,27-,28+,29?,30?,33-,34+,35-/m0/s1. The summed E-state index contributed by atoms with van der Waals surface area (Å²) in [4.78, 5) is 29.3. The van der Waals surface area contributed by atoms with Crippen molar-refractivity contribution in [3.63, 3.8) is 0 Å². The van der Waals surface area contributed by atoms with Crippen molar-refractivity contribution in [1.82, 2.24) is 15.1 Å². The zero-order chi connectivity index (χ0) is 31.0. The van der Waals surface area contributed by atoms with Crippen LogP contribution in [-0.2, 0) is 4.74 Å². The van der Waals surface area contributed by atoms with E-state index in [0.29, 0.717) is 18.4 Å². The number of fused-ring (bicyclic) bond motifs is 5. The first kappa shape index (κ1) is 32.0. The molecule has 44 heavy (non-hydrogen) atoms. The molecule has 1 aliphatic heterocycles. The first-order valence-corrected chi connectivity index (χ1v) is 17.6. The van der Waals surface area contributed by atoms with Gasteiger partial charge in [0.2, 0.25) is 0 Å². The summed E-state index contributed by atoms with van der Waals surface area (Å²) in [5.74, 6) is 1.51. The molecular weight excluding hydrogens is 556 g/mol. The van der Waals surface area contributed by atoms with Crippen LogP contribution in [0.5, 0.6) is 0 Å².